The van der Waals surface area contributed by atoms with Crippen LogP contribution in [0, 0.1) is 5.82 Å². The van der Waals surface area contributed by atoms with Crippen molar-refractivity contribution in [1.82, 2.24) is 14.6 Å². The van der Waals surface area contributed by atoms with Crippen LogP contribution in [0.25, 0.3) is 21.9 Å². The van der Waals surface area contributed by atoms with Crippen molar-refractivity contribution in [3.63, 3.8) is 0 Å². The smallest absolute Gasteiger partial charge is 0.291 e. The number of hydrogen-bond acceptors (Lipinski definition) is 6. The average molecular weight is 527 g/mol. The number of fused-ring (bicyclic) bond motifs is 2. The number of thiazole rings is 1. The van der Waals surface area contributed by atoms with E-state index < -0.39 is 0 Å². The Balaban J connectivity index is 1.36. The van der Waals surface area contributed by atoms with Crippen molar-refractivity contribution < 1.29 is 13.9 Å². The van der Waals surface area contributed by atoms with Crippen LogP contribution in [0.15, 0.2) is 77.6 Å². The molecule has 9 heteroatoms. The van der Waals surface area contributed by atoms with E-state index in [0.717, 1.165) is 41.1 Å². The van der Waals surface area contributed by atoms with E-state index in [9.17, 15) is 14.0 Å². The minimum absolute atomic E-state index is 0.261. The fourth-order valence-electron chi connectivity index (χ4n) is 4.47. The van der Waals surface area contributed by atoms with E-state index >= 15 is 0 Å². The molecule has 0 aliphatic carbocycles. The molecule has 0 atom stereocenters. The van der Waals surface area contributed by atoms with Gasteiger partial charge in [0.15, 0.2) is 5.82 Å². The van der Waals surface area contributed by atoms with Crippen LogP contribution in [0.3, 0.4) is 0 Å². The number of carbonyl (C=O) groups is 1. The van der Waals surface area contributed by atoms with Crippen LogP contribution in [0.5, 0.6) is 5.75 Å². The zero-order chi connectivity index (χ0) is 26.2. The van der Waals surface area contributed by atoms with Crippen LogP contribution in [0.1, 0.15) is 30.9 Å². The number of anilines is 1. The number of unbranched alkanes of at least 4 members (excludes halogenated alkanes) is 1. The summed E-state index contributed by atoms with van der Waals surface area (Å²) in [6.45, 7) is 3.04. The summed E-state index contributed by atoms with van der Waals surface area (Å²) in [5.74, 6) is 0.585. The topological polar surface area (TPSA) is 76.8 Å². The Bertz CT molecular complexity index is 1760. The summed E-state index contributed by atoms with van der Waals surface area (Å²) in [7, 11) is 0. The van der Waals surface area contributed by atoms with E-state index in [4.69, 9.17) is 4.74 Å². The number of aromatic nitrogens is 3. The third-order valence-electron chi connectivity index (χ3n) is 6.44. The molecule has 3 heterocycles. The largest absolute Gasteiger partial charge is 0.494 e. The lowest BCUT2D eigenvalue weighted by Gasteiger charge is -2.17. The fourth-order valence-corrected chi connectivity index (χ4v) is 5.47. The van der Waals surface area contributed by atoms with E-state index in [1.54, 1.807) is 17.0 Å². The van der Waals surface area contributed by atoms with Gasteiger partial charge in [-0.25, -0.2) is 4.39 Å². The van der Waals surface area contributed by atoms with Gasteiger partial charge < -0.3 is 9.64 Å². The van der Waals surface area contributed by atoms with Crippen LogP contribution >= 0.6 is 11.3 Å². The number of hydrogen-bond donors (Lipinski definition) is 0. The highest BCUT2D eigenvalue weighted by molar-refractivity contribution is 7.15. The summed E-state index contributed by atoms with van der Waals surface area (Å²) in [5, 5.41) is 4.44. The number of nitrogens with zero attached hydrogens (tertiary/aromatic N) is 4. The molecular formula is C29H23FN4O3S. The minimum Gasteiger partial charge on any atom is -0.494 e. The van der Waals surface area contributed by atoms with Crippen molar-refractivity contribution in [3.8, 4) is 17.1 Å². The maximum Gasteiger partial charge on any atom is 0.291 e. The predicted molar refractivity (Wildman–Crippen MR) is 145 cm³/mol. The van der Waals surface area contributed by atoms with Crippen LogP contribution < -0.4 is 19.7 Å². The second-order valence-corrected chi connectivity index (χ2v) is 9.98. The van der Waals surface area contributed by atoms with Gasteiger partial charge >= 0.3 is 0 Å². The Labute approximate surface area is 221 Å². The zero-order valence-corrected chi connectivity index (χ0v) is 21.4. The molecule has 190 valence electrons. The number of carbonyl (C=O) groups excluding carboxylic acids is 1. The molecule has 5 aromatic rings. The Morgan fingerprint density at radius 2 is 1.74 bits per heavy atom. The third kappa shape index (κ3) is 4.24. The Morgan fingerprint density at radius 3 is 2.47 bits per heavy atom. The highest BCUT2D eigenvalue weighted by atomic mass is 32.1. The lowest BCUT2D eigenvalue weighted by atomic mass is 10.1. The molecule has 38 heavy (non-hydrogen) atoms. The number of amides is 1. The van der Waals surface area contributed by atoms with Gasteiger partial charge in [0.1, 0.15) is 16.1 Å². The van der Waals surface area contributed by atoms with Crippen LogP contribution in [0.4, 0.5) is 10.1 Å². The molecular weight excluding hydrogens is 503 g/mol. The molecule has 0 bridgehead atoms. The molecule has 3 aromatic carbocycles. The first kappa shape index (κ1) is 24.0. The van der Waals surface area contributed by atoms with E-state index in [-0.39, 0.29) is 23.8 Å². The van der Waals surface area contributed by atoms with Gasteiger partial charge in [-0.05, 0) is 54.4 Å². The number of rotatable bonds is 7. The summed E-state index contributed by atoms with van der Waals surface area (Å²) < 4.78 is 20.7. The van der Waals surface area contributed by atoms with Crippen molar-refractivity contribution >= 4 is 33.5 Å². The van der Waals surface area contributed by atoms with Gasteiger partial charge in [0.05, 0.1) is 24.4 Å². The van der Waals surface area contributed by atoms with Gasteiger partial charge in [-0.15, -0.1) is 5.10 Å². The van der Waals surface area contributed by atoms with E-state index in [0.29, 0.717) is 38.7 Å². The molecule has 0 unspecified atom stereocenters. The van der Waals surface area contributed by atoms with Gasteiger partial charge in [-0.2, -0.15) is 9.50 Å². The molecule has 2 aromatic heterocycles. The van der Waals surface area contributed by atoms with Crippen LogP contribution in [0.2, 0.25) is 0 Å². The molecule has 6 rings (SSSR count). The summed E-state index contributed by atoms with van der Waals surface area (Å²) >= 11 is 1.15. The fraction of sp³-hybridized carbons (Fsp3) is 0.172. The molecule has 0 saturated heterocycles. The molecule has 1 aliphatic rings. The monoisotopic (exact) mass is 526 g/mol. The second-order valence-electron chi connectivity index (χ2n) is 9.00. The third-order valence-corrected chi connectivity index (χ3v) is 7.47. The first-order chi connectivity index (χ1) is 18.5. The van der Waals surface area contributed by atoms with Crippen molar-refractivity contribution in [2.45, 2.75) is 26.3 Å². The van der Waals surface area contributed by atoms with Crippen molar-refractivity contribution in [3.05, 3.63) is 105 Å². The standard InChI is InChI=1S/C29H23FN4O3S/c1-2-3-16-37-21-14-10-19(11-15-21)26-31-29-34(32-26)28(36)25(38-29)24-22-6-4-5-7-23(22)33(27(24)35)17-18-8-12-20(30)13-9-18/h4-15H,2-3,16-17H2,1H3/b25-24-. The first-order valence-corrected chi connectivity index (χ1v) is 13.2. The number of halogens is 1. The molecule has 1 amide bonds. The highest BCUT2D eigenvalue weighted by Gasteiger charge is 2.34. The minimum atomic E-state index is -0.384. The van der Waals surface area contributed by atoms with Gasteiger partial charge in [0.2, 0.25) is 4.96 Å². The highest BCUT2D eigenvalue weighted by Crippen LogP contribution is 2.36. The number of benzene rings is 3. The molecule has 7 nitrogen and oxygen atoms in total. The molecule has 0 radical (unpaired) electrons. The first-order valence-electron chi connectivity index (χ1n) is 12.4. The molecule has 1 aliphatic heterocycles. The predicted octanol–water partition coefficient (Wildman–Crippen LogP) is 4.60. The Morgan fingerprint density at radius 1 is 0.974 bits per heavy atom. The van der Waals surface area contributed by atoms with Crippen LogP contribution in [-0.2, 0) is 11.3 Å². The average Bonchev–Trinajstić information content (AvgIpc) is 3.57. The Kier molecular flexibility index (Phi) is 6.21. The van der Waals surface area contributed by atoms with E-state index in [2.05, 4.69) is 17.0 Å². The SMILES string of the molecule is CCCCOc1ccc(-c2nc3s/c(=C4\C(=O)N(Cc5ccc(F)cc5)c5ccccc54)c(=O)n3n2)cc1. The quantitative estimate of drug-likeness (QED) is 0.290. The molecule has 0 saturated carbocycles. The second kappa shape index (κ2) is 9.83. The van der Waals surface area contributed by atoms with Gasteiger partial charge in [0, 0.05) is 11.1 Å². The maximum atomic E-state index is 13.6. The Hall–Kier alpha value is -4.37. The maximum absolute atomic E-state index is 13.6. The van der Waals surface area contributed by atoms with Crippen molar-refractivity contribution in [2.75, 3.05) is 11.5 Å². The lowest BCUT2D eigenvalue weighted by molar-refractivity contribution is -0.113. The summed E-state index contributed by atoms with van der Waals surface area (Å²) in [5.41, 5.74) is 2.89. The number of ether oxygens (including phenoxy) is 1. The van der Waals surface area contributed by atoms with Gasteiger partial charge in [-0.3, -0.25) is 9.59 Å². The summed E-state index contributed by atoms with van der Waals surface area (Å²) in [6, 6.07) is 20.9. The normalized spacial score (nSPS) is 14.4. The molecule has 0 spiro atoms. The molecule has 0 N–H and O–H groups in total. The van der Waals surface area contributed by atoms with Gasteiger partial charge in [0.25, 0.3) is 11.5 Å². The van der Waals surface area contributed by atoms with E-state index in [1.165, 1.54) is 16.6 Å². The van der Waals surface area contributed by atoms with Gasteiger partial charge in [-0.1, -0.05) is 55.0 Å². The lowest BCUT2D eigenvalue weighted by Crippen LogP contribution is -2.32. The number of para-hydroxylation sites is 1. The molecule has 0 fully saturated rings. The van der Waals surface area contributed by atoms with Crippen LogP contribution in [-0.4, -0.2) is 27.1 Å². The van der Waals surface area contributed by atoms with Crippen molar-refractivity contribution in [1.29, 1.82) is 0 Å². The van der Waals surface area contributed by atoms with Crippen molar-refractivity contribution in [2.24, 2.45) is 0 Å². The summed E-state index contributed by atoms with van der Waals surface area (Å²) in [4.78, 5) is 33.7. The van der Waals surface area contributed by atoms with E-state index in [1.807, 2.05) is 48.5 Å². The summed E-state index contributed by atoms with van der Waals surface area (Å²) in [6.07, 6.45) is 2.06. The zero-order valence-electron chi connectivity index (χ0n) is 20.6.